The summed E-state index contributed by atoms with van der Waals surface area (Å²) in [7, 11) is 3.37. The number of aliphatic hydroxyl groups is 1. The van der Waals surface area contributed by atoms with Gasteiger partial charge in [0, 0.05) is 32.7 Å². The molecular weight excluding hydrogens is 192 g/mol. The van der Waals surface area contributed by atoms with E-state index in [2.05, 4.69) is 6.92 Å². The Bertz CT molecular complexity index is 180. The third-order valence-electron chi connectivity index (χ3n) is 2.81. The van der Waals surface area contributed by atoms with Crippen molar-refractivity contribution in [1.29, 1.82) is 0 Å². The summed E-state index contributed by atoms with van der Waals surface area (Å²) in [6, 6.07) is 0. The van der Waals surface area contributed by atoms with Crippen molar-refractivity contribution in [1.82, 2.24) is 0 Å². The molecule has 0 saturated heterocycles. The second-order valence-corrected chi connectivity index (χ2v) is 3.95. The molecule has 0 saturated carbocycles. The maximum absolute atomic E-state index is 9.13. The Morgan fingerprint density at radius 2 is 1.80 bits per heavy atom. The van der Waals surface area contributed by atoms with E-state index >= 15 is 0 Å². The number of hydrogen-bond acceptors (Lipinski definition) is 3. The molecule has 0 aromatic rings. The highest BCUT2D eigenvalue weighted by molar-refractivity contribution is 4.93. The van der Waals surface area contributed by atoms with Crippen LogP contribution in [0.5, 0.6) is 0 Å². The first-order valence-corrected chi connectivity index (χ1v) is 5.41. The molecule has 4 atom stereocenters. The van der Waals surface area contributed by atoms with E-state index in [9.17, 15) is 0 Å². The van der Waals surface area contributed by atoms with E-state index in [1.165, 1.54) is 0 Å². The summed E-state index contributed by atoms with van der Waals surface area (Å²) in [5.74, 6) is 0.339. The number of hydrogen-bond donors (Lipinski definition) is 1. The first-order chi connectivity index (χ1) is 7.12. The number of aliphatic hydroxyl groups excluding tert-OH is 1. The molecule has 90 valence electrons. The minimum absolute atomic E-state index is 0.0103. The highest BCUT2D eigenvalue weighted by atomic mass is 16.5. The predicted molar refractivity (Wildman–Crippen MR) is 61.8 cm³/mol. The quantitative estimate of drug-likeness (QED) is 0.660. The third kappa shape index (κ3) is 4.33. The normalized spacial score (nSPS) is 20.1. The maximum atomic E-state index is 9.13. The van der Waals surface area contributed by atoms with Crippen molar-refractivity contribution in [2.75, 3.05) is 20.8 Å². The average molecular weight is 216 g/mol. The fourth-order valence-corrected chi connectivity index (χ4v) is 1.91. The first-order valence-electron chi connectivity index (χ1n) is 5.41. The van der Waals surface area contributed by atoms with Gasteiger partial charge in [-0.25, -0.2) is 0 Å². The van der Waals surface area contributed by atoms with Gasteiger partial charge in [-0.05, 0) is 6.92 Å². The summed E-state index contributed by atoms with van der Waals surface area (Å²) >= 11 is 0. The molecule has 0 fully saturated rings. The molecule has 0 unspecified atom stereocenters. The zero-order valence-electron chi connectivity index (χ0n) is 10.4. The van der Waals surface area contributed by atoms with Crippen molar-refractivity contribution in [3.63, 3.8) is 0 Å². The Morgan fingerprint density at radius 1 is 1.20 bits per heavy atom. The van der Waals surface area contributed by atoms with E-state index in [0.29, 0.717) is 0 Å². The largest absolute Gasteiger partial charge is 0.396 e. The monoisotopic (exact) mass is 216 g/mol. The zero-order valence-corrected chi connectivity index (χ0v) is 10.4. The summed E-state index contributed by atoms with van der Waals surface area (Å²) in [5, 5.41) is 9.13. The highest BCUT2D eigenvalue weighted by Crippen LogP contribution is 2.21. The van der Waals surface area contributed by atoms with E-state index in [1.807, 2.05) is 26.0 Å². The molecule has 0 aromatic heterocycles. The number of ether oxygens (including phenoxy) is 2. The summed E-state index contributed by atoms with van der Waals surface area (Å²) in [4.78, 5) is 0. The minimum atomic E-state index is 0.0103. The second-order valence-electron chi connectivity index (χ2n) is 3.95. The molecule has 3 heteroatoms. The molecular formula is C12H24O3. The topological polar surface area (TPSA) is 38.7 Å². The third-order valence-corrected chi connectivity index (χ3v) is 2.81. The van der Waals surface area contributed by atoms with Gasteiger partial charge in [0.2, 0.25) is 0 Å². The molecule has 0 bridgehead atoms. The number of allylic oxidation sites excluding steroid dienone is 1. The molecule has 0 aliphatic rings. The van der Waals surface area contributed by atoms with E-state index < -0.39 is 0 Å². The van der Waals surface area contributed by atoms with Gasteiger partial charge in [0.15, 0.2) is 0 Å². The fraction of sp³-hybridized carbons (Fsp3) is 0.833. The van der Waals surface area contributed by atoms with E-state index in [-0.39, 0.29) is 30.7 Å². The van der Waals surface area contributed by atoms with Gasteiger partial charge in [0.05, 0.1) is 12.2 Å². The minimum Gasteiger partial charge on any atom is -0.396 e. The molecule has 15 heavy (non-hydrogen) atoms. The van der Waals surface area contributed by atoms with Gasteiger partial charge in [-0.15, -0.1) is 0 Å². The van der Waals surface area contributed by atoms with Crippen LogP contribution in [0.1, 0.15) is 20.8 Å². The summed E-state index contributed by atoms with van der Waals surface area (Å²) < 4.78 is 10.8. The lowest BCUT2D eigenvalue weighted by molar-refractivity contribution is -0.0437. The van der Waals surface area contributed by atoms with Crippen molar-refractivity contribution >= 4 is 0 Å². The Morgan fingerprint density at radius 3 is 2.13 bits per heavy atom. The van der Waals surface area contributed by atoms with Gasteiger partial charge >= 0.3 is 0 Å². The highest BCUT2D eigenvalue weighted by Gasteiger charge is 2.28. The van der Waals surface area contributed by atoms with Crippen LogP contribution in [0.3, 0.4) is 0 Å². The van der Waals surface area contributed by atoms with Gasteiger partial charge in [-0.1, -0.05) is 26.0 Å². The van der Waals surface area contributed by atoms with Crippen LogP contribution in [-0.4, -0.2) is 38.1 Å². The molecule has 0 heterocycles. The Balaban J connectivity index is 4.52. The number of rotatable bonds is 7. The molecule has 0 aliphatic heterocycles. The van der Waals surface area contributed by atoms with E-state index in [1.54, 1.807) is 14.2 Å². The lowest BCUT2D eigenvalue weighted by atomic mass is 9.89. The van der Waals surface area contributed by atoms with Gasteiger partial charge in [-0.2, -0.15) is 0 Å². The molecule has 0 aromatic carbocycles. The van der Waals surface area contributed by atoms with Gasteiger partial charge < -0.3 is 14.6 Å². The number of methoxy groups -OCH3 is 2. The van der Waals surface area contributed by atoms with Gasteiger partial charge in [-0.3, -0.25) is 0 Å². The average Bonchev–Trinajstić information content (AvgIpc) is 2.26. The van der Waals surface area contributed by atoms with Gasteiger partial charge in [0.1, 0.15) is 0 Å². The zero-order chi connectivity index (χ0) is 11.8. The second kappa shape index (κ2) is 7.85. The predicted octanol–water partition coefficient (Wildman–Crippen LogP) is 1.86. The molecule has 0 amide bonds. The summed E-state index contributed by atoms with van der Waals surface area (Å²) in [6.07, 6.45) is 4.03. The van der Waals surface area contributed by atoms with E-state index in [0.717, 1.165) is 0 Å². The molecule has 0 spiro atoms. The van der Waals surface area contributed by atoms with Crippen molar-refractivity contribution in [2.24, 2.45) is 11.8 Å². The summed E-state index contributed by atoms with van der Waals surface area (Å²) in [5.41, 5.74) is 0. The summed E-state index contributed by atoms with van der Waals surface area (Å²) in [6.45, 7) is 6.16. The Hall–Kier alpha value is -0.380. The molecule has 1 N–H and O–H groups in total. The van der Waals surface area contributed by atoms with Crippen LogP contribution in [0.15, 0.2) is 12.2 Å². The Labute approximate surface area is 93.1 Å². The van der Waals surface area contributed by atoms with Crippen LogP contribution in [0, 0.1) is 11.8 Å². The first kappa shape index (κ1) is 14.6. The van der Waals surface area contributed by atoms with E-state index in [4.69, 9.17) is 14.6 Å². The maximum Gasteiger partial charge on any atom is 0.0802 e. The molecule has 0 rings (SSSR count). The molecule has 0 radical (unpaired) electrons. The Kier molecular flexibility index (Phi) is 7.65. The van der Waals surface area contributed by atoms with Crippen LogP contribution < -0.4 is 0 Å². The van der Waals surface area contributed by atoms with Crippen LogP contribution in [0.2, 0.25) is 0 Å². The lowest BCUT2D eigenvalue weighted by Crippen LogP contribution is -2.37. The SMILES string of the molecule is CC=C[C@H](OC)[C@H](C)[C@@H](OC)[C@@H](C)CO. The van der Waals surface area contributed by atoms with Crippen molar-refractivity contribution < 1.29 is 14.6 Å². The molecule has 0 aliphatic carbocycles. The van der Waals surface area contributed by atoms with Crippen LogP contribution in [0.4, 0.5) is 0 Å². The standard InChI is InChI=1S/C12H24O3/c1-6-7-11(14-4)10(3)12(15-5)9(2)8-13/h6-7,9-13H,8H2,1-5H3/t9-,10-,11-,12-/m0/s1. The van der Waals surface area contributed by atoms with Crippen molar-refractivity contribution in [3.8, 4) is 0 Å². The smallest absolute Gasteiger partial charge is 0.0802 e. The molecule has 3 nitrogen and oxygen atoms in total. The van der Waals surface area contributed by atoms with Crippen LogP contribution in [-0.2, 0) is 9.47 Å². The lowest BCUT2D eigenvalue weighted by Gasteiger charge is -2.31. The van der Waals surface area contributed by atoms with Gasteiger partial charge in [0.25, 0.3) is 0 Å². The van der Waals surface area contributed by atoms with Crippen LogP contribution >= 0.6 is 0 Å². The van der Waals surface area contributed by atoms with Crippen molar-refractivity contribution in [2.45, 2.75) is 33.0 Å². The van der Waals surface area contributed by atoms with Crippen molar-refractivity contribution in [3.05, 3.63) is 12.2 Å². The van der Waals surface area contributed by atoms with Crippen LogP contribution in [0.25, 0.3) is 0 Å². The fourth-order valence-electron chi connectivity index (χ4n) is 1.91.